The molecule has 0 atom stereocenters. The van der Waals surface area contributed by atoms with Crippen molar-refractivity contribution in [1.82, 2.24) is 4.98 Å². The molecular weight excluding hydrogens is 158 g/mol. The summed E-state index contributed by atoms with van der Waals surface area (Å²) < 4.78 is 10.5. The number of hydrogen-bond acceptors (Lipinski definition) is 2. The van der Waals surface area contributed by atoms with Gasteiger partial charge in [-0.2, -0.15) is 0 Å². The van der Waals surface area contributed by atoms with Crippen LogP contribution >= 0.6 is 0 Å². The molecule has 0 saturated carbocycles. The molecule has 1 rings (SSSR count). The summed E-state index contributed by atoms with van der Waals surface area (Å²) in [5.74, 6) is 0. The summed E-state index contributed by atoms with van der Waals surface area (Å²) in [6, 6.07) is 3.70. The molecule has 1 aromatic rings. The molecule has 0 bridgehead atoms. The van der Waals surface area contributed by atoms with Gasteiger partial charge in [-0.25, -0.2) is 4.21 Å². The van der Waals surface area contributed by atoms with E-state index in [1.807, 2.05) is 19.1 Å². The molecule has 1 heterocycles. The van der Waals surface area contributed by atoms with Crippen LogP contribution in [0.2, 0.25) is 0 Å². The van der Waals surface area contributed by atoms with E-state index in [1.165, 1.54) is 0 Å². The zero-order valence-corrected chi connectivity index (χ0v) is 7.10. The Labute approximate surface area is 69.4 Å². The largest absolute Gasteiger partial charge is 0.265 e. The molecule has 58 valence electrons. The fraction of sp³-hybridized carbons (Fsp3) is 0.250. The molecular formula is C8H9NOS. The molecule has 11 heavy (non-hydrogen) atoms. The summed E-state index contributed by atoms with van der Waals surface area (Å²) in [6.07, 6.45) is 4.18. The van der Waals surface area contributed by atoms with Crippen LogP contribution < -0.4 is 0 Å². The van der Waals surface area contributed by atoms with Gasteiger partial charge in [-0.1, -0.05) is 6.92 Å². The molecule has 0 aromatic carbocycles. The number of hydrogen-bond donors (Lipinski definition) is 0. The highest BCUT2D eigenvalue weighted by Gasteiger charge is 1.97. The highest BCUT2D eigenvalue weighted by molar-refractivity contribution is 7.67. The van der Waals surface area contributed by atoms with Gasteiger partial charge in [0.1, 0.15) is 0 Å². The van der Waals surface area contributed by atoms with E-state index >= 15 is 0 Å². The third kappa shape index (κ3) is 1.98. The lowest BCUT2D eigenvalue weighted by atomic mass is 10.2. The smallest absolute Gasteiger partial charge is 0.0926 e. The second-order valence-corrected chi connectivity index (χ2v) is 2.76. The molecule has 2 nitrogen and oxygen atoms in total. The van der Waals surface area contributed by atoms with E-state index in [0.717, 1.165) is 16.8 Å². The van der Waals surface area contributed by atoms with E-state index in [1.54, 1.807) is 12.4 Å². The average molecular weight is 167 g/mol. The van der Waals surface area contributed by atoms with Gasteiger partial charge >= 0.3 is 0 Å². The second kappa shape index (κ2) is 4.03. The normalized spacial score (nSPS) is 9.18. The third-order valence-corrected chi connectivity index (χ3v) is 2.15. The summed E-state index contributed by atoms with van der Waals surface area (Å²) >= 11 is 0.562. The lowest BCUT2D eigenvalue weighted by Gasteiger charge is -1.96. The van der Waals surface area contributed by atoms with E-state index in [0.29, 0.717) is 11.3 Å². The maximum Gasteiger partial charge on any atom is 0.0926 e. The molecule has 0 N–H and O–H groups in total. The van der Waals surface area contributed by atoms with Crippen molar-refractivity contribution in [3.05, 3.63) is 30.1 Å². The van der Waals surface area contributed by atoms with Gasteiger partial charge in [0.25, 0.3) is 0 Å². The summed E-state index contributed by atoms with van der Waals surface area (Å²) in [6.45, 7) is 1.97. The highest BCUT2D eigenvalue weighted by Crippen LogP contribution is 1.99. The maximum absolute atomic E-state index is 10.5. The molecule has 0 unspecified atom stereocenters. The Morgan fingerprint density at radius 3 is 2.64 bits per heavy atom. The highest BCUT2D eigenvalue weighted by atomic mass is 32.1. The van der Waals surface area contributed by atoms with Gasteiger partial charge in [-0.3, -0.25) is 4.98 Å². The van der Waals surface area contributed by atoms with Crippen molar-refractivity contribution < 1.29 is 4.21 Å². The Kier molecular flexibility index (Phi) is 2.98. The first kappa shape index (κ1) is 8.14. The average Bonchev–Trinajstić information content (AvgIpc) is 2.09. The van der Waals surface area contributed by atoms with E-state index in [4.69, 9.17) is 0 Å². The number of pyridine rings is 1. The number of rotatable bonds is 2. The molecule has 0 saturated heterocycles. The second-order valence-electron chi connectivity index (χ2n) is 2.10. The summed E-state index contributed by atoms with van der Waals surface area (Å²) in [5, 5.41) is 0. The topological polar surface area (TPSA) is 30.0 Å². The molecule has 3 heteroatoms. The molecule has 0 aliphatic carbocycles. The zero-order valence-electron chi connectivity index (χ0n) is 6.28. The van der Waals surface area contributed by atoms with Gasteiger partial charge in [0, 0.05) is 12.4 Å². The van der Waals surface area contributed by atoms with Gasteiger partial charge in [0.2, 0.25) is 0 Å². The van der Waals surface area contributed by atoms with Crippen molar-refractivity contribution in [2.75, 3.05) is 0 Å². The van der Waals surface area contributed by atoms with Crippen LogP contribution in [0.4, 0.5) is 0 Å². The molecule has 0 fully saturated rings. The van der Waals surface area contributed by atoms with Gasteiger partial charge in [-0.05, 0) is 24.1 Å². The van der Waals surface area contributed by atoms with Crippen LogP contribution in [0.25, 0.3) is 0 Å². The molecule has 0 spiro atoms. The van der Waals surface area contributed by atoms with Crippen LogP contribution in [-0.2, 0) is 11.3 Å². The van der Waals surface area contributed by atoms with Crippen LogP contribution in [0.5, 0.6) is 0 Å². The van der Waals surface area contributed by atoms with Crippen molar-refractivity contribution >= 4 is 16.1 Å². The van der Waals surface area contributed by atoms with Crippen molar-refractivity contribution in [3.8, 4) is 0 Å². The fourth-order valence-electron chi connectivity index (χ4n) is 0.849. The Balaban J connectivity index is 3.02. The van der Waals surface area contributed by atoms with Crippen molar-refractivity contribution in [2.24, 2.45) is 0 Å². The lowest BCUT2D eigenvalue weighted by molar-refractivity contribution is 0.701. The van der Waals surface area contributed by atoms with Crippen LogP contribution in [0, 0.1) is 0 Å². The molecule has 0 aliphatic rings. The van der Waals surface area contributed by atoms with Crippen LogP contribution in [0.1, 0.15) is 18.9 Å². The Bertz CT molecular complexity index is 277. The summed E-state index contributed by atoms with van der Waals surface area (Å²) in [7, 11) is 0. The minimum Gasteiger partial charge on any atom is -0.265 e. The molecule has 1 aromatic heterocycles. The Morgan fingerprint density at radius 2 is 2.18 bits per heavy atom. The van der Waals surface area contributed by atoms with E-state index in [9.17, 15) is 4.21 Å². The zero-order chi connectivity index (χ0) is 8.10. The van der Waals surface area contributed by atoms with E-state index in [2.05, 4.69) is 4.98 Å². The van der Waals surface area contributed by atoms with Gasteiger partial charge in [-0.15, -0.1) is 0 Å². The minimum absolute atomic E-state index is 0.562. The van der Waals surface area contributed by atoms with Crippen molar-refractivity contribution in [2.45, 2.75) is 13.3 Å². The standard InChI is InChI=1S/C8H9NOS/c1-2-8(11-10)7-3-5-9-6-4-7/h3-6H,2H2,1H3. The molecule has 0 aliphatic heterocycles. The lowest BCUT2D eigenvalue weighted by Crippen LogP contribution is -1.97. The molecule has 0 amide bonds. The first-order chi connectivity index (χ1) is 5.38. The van der Waals surface area contributed by atoms with E-state index in [-0.39, 0.29) is 0 Å². The first-order valence-corrected chi connectivity index (χ1v) is 4.18. The van der Waals surface area contributed by atoms with Crippen LogP contribution in [0.3, 0.4) is 0 Å². The first-order valence-electron chi connectivity index (χ1n) is 3.44. The fourth-order valence-corrected chi connectivity index (χ4v) is 1.20. The van der Waals surface area contributed by atoms with Crippen molar-refractivity contribution in [3.63, 3.8) is 0 Å². The summed E-state index contributed by atoms with van der Waals surface area (Å²) in [4.78, 5) is 4.74. The quantitative estimate of drug-likeness (QED) is 0.489. The predicted molar refractivity (Wildman–Crippen MR) is 46.8 cm³/mol. The van der Waals surface area contributed by atoms with Gasteiger partial charge in [0.15, 0.2) is 0 Å². The van der Waals surface area contributed by atoms with Crippen LogP contribution in [0.15, 0.2) is 24.5 Å². The van der Waals surface area contributed by atoms with Crippen LogP contribution in [-0.4, -0.2) is 14.1 Å². The summed E-state index contributed by atoms with van der Waals surface area (Å²) in [5.41, 5.74) is 0.988. The molecule has 0 radical (unpaired) electrons. The van der Waals surface area contributed by atoms with Crippen molar-refractivity contribution in [1.29, 1.82) is 0 Å². The Morgan fingerprint density at radius 1 is 1.55 bits per heavy atom. The SMILES string of the molecule is CCC(=S=O)c1ccncc1. The predicted octanol–water partition coefficient (Wildman–Crippen LogP) is 1.23. The number of nitrogens with zero attached hydrogens (tertiary/aromatic N) is 1. The maximum atomic E-state index is 10.5. The van der Waals surface area contributed by atoms with E-state index < -0.39 is 0 Å². The monoisotopic (exact) mass is 167 g/mol. The Hall–Kier alpha value is -0.960. The minimum atomic E-state index is 0.562. The van der Waals surface area contributed by atoms with Gasteiger partial charge < -0.3 is 0 Å². The number of aromatic nitrogens is 1. The van der Waals surface area contributed by atoms with Gasteiger partial charge in [0.05, 0.1) is 16.1 Å². The third-order valence-electron chi connectivity index (χ3n) is 1.42.